The highest BCUT2D eigenvalue weighted by atomic mass is 16.5. The van der Waals surface area contributed by atoms with Crippen LogP contribution in [0.3, 0.4) is 0 Å². The number of ether oxygens (including phenoxy) is 3. The molecule has 1 atom stereocenters. The van der Waals surface area contributed by atoms with Crippen LogP contribution in [0.15, 0.2) is 60.7 Å². The second kappa shape index (κ2) is 8.78. The maximum absolute atomic E-state index is 13.2. The van der Waals surface area contributed by atoms with E-state index in [-0.39, 0.29) is 19.1 Å². The molecule has 0 bridgehead atoms. The van der Waals surface area contributed by atoms with E-state index in [1.165, 1.54) is 4.90 Å². The van der Waals surface area contributed by atoms with Crippen molar-refractivity contribution in [3.05, 3.63) is 66.2 Å². The fraction of sp³-hybridized carbons (Fsp3) is 0.280. The first-order valence-corrected chi connectivity index (χ1v) is 10.5. The predicted molar refractivity (Wildman–Crippen MR) is 121 cm³/mol. The monoisotopic (exact) mass is 434 g/mol. The molecule has 1 fully saturated rings. The van der Waals surface area contributed by atoms with Crippen molar-refractivity contribution in [1.29, 1.82) is 0 Å². The minimum atomic E-state index is -1.13. The zero-order valence-electron chi connectivity index (χ0n) is 18.4. The number of nitrogens with zero attached hydrogens (tertiary/aromatic N) is 1. The smallest absolute Gasteiger partial charge is 0.325 e. The van der Waals surface area contributed by atoms with Crippen LogP contribution in [0.1, 0.15) is 19.4 Å². The molecular formula is C25H26N2O5. The fourth-order valence-electron chi connectivity index (χ4n) is 3.81. The van der Waals surface area contributed by atoms with Crippen LogP contribution in [-0.2, 0) is 10.3 Å². The van der Waals surface area contributed by atoms with Gasteiger partial charge in [0.25, 0.3) is 5.91 Å². The molecule has 7 heteroatoms. The lowest BCUT2D eigenvalue weighted by Crippen LogP contribution is -2.41. The quantitative estimate of drug-likeness (QED) is 0.541. The number of carbonyl (C=O) groups is 2. The van der Waals surface area contributed by atoms with Crippen LogP contribution in [0.5, 0.6) is 17.2 Å². The number of hydrogen-bond donors (Lipinski definition) is 1. The molecule has 1 aliphatic rings. The summed E-state index contributed by atoms with van der Waals surface area (Å²) in [4.78, 5) is 27.0. The summed E-state index contributed by atoms with van der Waals surface area (Å²) >= 11 is 0. The van der Waals surface area contributed by atoms with E-state index in [1.54, 1.807) is 26.2 Å². The zero-order chi connectivity index (χ0) is 22.7. The number of fused-ring (bicyclic) bond motifs is 1. The zero-order valence-corrected chi connectivity index (χ0v) is 18.4. The molecule has 0 spiro atoms. The Bertz CT molecular complexity index is 1140. The number of methoxy groups -OCH3 is 1. The van der Waals surface area contributed by atoms with E-state index in [0.717, 1.165) is 27.8 Å². The molecule has 4 rings (SSSR count). The number of imide groups is 1. The molecule has 3 aromatic rings. The largest absolute Gasteiger partial charge is 0.497 e. The van der Waals surface area contributed by atoms with E-state index < -0.39 is 11.6 Å². The molecule has 1 saturated heterocycles. The second-order valence-electron chi connectivity index (χ2n) is 7.69. The summed E-state index contributed by atoms with van der Waals surface area (Å²) in [6.45, 7) is 4.59. The standard InChI is InChI=1S/C25H26N2O5/c1-4-31-20-9-11-21(12-10-20)32-14-13-27-23(28)25(2,26-24(27)29)19-7-5-18-16-22(30-3)8-6-17(18)15-19/h5-12,15-16H,4,13-14H2,1-3H3,(H,26,29). The van der Waals surface area contributed by atoms with Crippen molar-refractivity contribution < 1.29 is 23.8 Å². The molecule has 0 saturated carbocycles. The van der Waals surface area contributed by atoms with E-state index in [2.05, 4.69) is 5.32 Å². The highest BCUT2D eigenvalue weighted by molar-refractivity contribution is 6.07. The van der Waals surface area contributed by atoms with Crippen LogP contribution in [-0.4, -0.2) is 43.7 Å². The number of amides is 3. The highest BCUT2D eigenvalue weighted by Gasteiger charge is 2.48. The average molecular weight is 434 g/mol. The van der Waals surface area contributed by atoms with Crippen LogP contribution >= 0.6 is 0 Å². The Balaban J connectivity index is 1.45. The van der Waals surface area contributed by atoms with Crippen molar-refractivity contribution in [2.75, 3.05) is 26.9 Å². The van der Waals surface area contributed by atoms with Crippen molar-refractivity contribution in [3.8, 4) is 17.2 Å². The SMILES string of the molecule is CCOc1ccc(OCCN2C(=O)NC(C)(c3ccc4cc(OC)ccc4c3)C2=O)cc1. The number of rotatable bonds is 8. The number of carbonyl (C=O) groups excluding carboxylic acids is 2. The van der Waals surface area contributed by atoms with Crippen LogP contribution in [0.4, 0.5) is 4.79 Å². The fourth-order valence-corrected chi connectivity index (χ4v) is 3.81. The van der Waals surface area contributed by atoms with Gasteiger partial charge in [-0.15, -0.1) is 0 Å². The van der Waals surface area contributed by atoms with Gasteiger partial charge in [-0.1, -0.05) is 18.2 Å². The van der Waals surface area contributed by atoms with Crippen LogP contribution in [0.2, 0.25) is 0 Å². The first-order chi connectivity index (χ1) is 15.4. The van der Waals surface area contributed by atoms with E-state index in [4.69, 9.17) is 14.2 Å². The number of urea groups is 1. The van der Waals surface area contributed by atoms with Gasteiger partial charge in [0.2, 0.25) is 0 Å². The summed E-state index contributed by atoms with van der Waals surface area (Å²) in [5.74, 6) is 1.87. The molecule has 3 amide bonds. The Morgan fingerprint density at radius 2 is 1.50 bits per heavy atom. The van der Waals surface area contributed by atoms with Crippen molar-refractivity contribution >= 4 is 22.7 Å². The molecule has 32 heavy (non-hydrogen) atoms. The topological polar surface area (TPSA) is 77.1 Å². The normalized spacial score (nSPS) is 18.0. The lowest BCUT2D eigenvalue weighted by molar-refractivity contribution is -0.131. The maximum atomic E-state index is 13.2. The summed E-state index contributed by atoms with van der Waals surface area (Å²) in [6, 6.07) is 18.2. The average Bonchev–Trinajstić information content (AvgIpc) is 3.03. The molecular weight excluding hydrogens is 408 g/mol. The first-order valence-electron chi connectivity index (χ1n) is 10.5. The lowest BCUT2D eigenvalue weighted by atomic mass is 9.90. The van der Waals surface area contributed by atoms with Gasteiger partial charge in [-0.3, -0.25) is 9.69 Å². The molecule has 0 aromatic heterocycles. The van der Waals surface area contributed by atoms with Gasteiger partial charge in [0.05, 0.1) is 20.3 Å². The molecule has 0 aliphatic carbocycles. The minimum absolute atomic E-state index is 0.151. The molecule has 3 aromatic carbocycles. The van der Waals surface area contributed by atoms with Gasteiger partial charge in [-0.05, 0) is 72.6 Å². The van der Waals surface area contributed by atoms with Crippen molar-refractivity contribution in [2.45, 2.75) is 19.4 Å². The van der Waals surface area contributed by atoms with Crippen LogP contribution in [0, 0.1) is 0 Å². The minimum Gasteiger partial charge on any atom is -0.497 e. The van der Waals surface area contributed by atoms with Gasteiger partial charge in [0.15, 0.2) is 0 Å². The number of hydrogen-bond acceptors (Lipinski definition) is 5. The summed E-state index contributed by atoms with van der Waals surface area (Å²) in [5, 5.41) is 4.80. The molecule has 1 unspecified atom stereocenters. The van der Waals surface area contributed by atoms with E-state index in [0.29, 0.717) is 12.4 Å². The predicted octanol–water partition coefficient (Wildman–Crippen LogP) is 4.09. The van der Waals surface area contributed by atoms with Gasteiger partial charge in [-0.25, -0.2) is 4.79 Å². The third-order valence-electron chi connectivity index (χ3n) is 5.62. The summed E-state index contributed by atoms with van der Waals surface area (Å²) < 4.78 is 16.4. The van der Waals surface area contributed by atoms with Gasteiger partial charge < -0.3 is 19.5 Å². The highest BCUT2D eigenvalue weighted by Crippen LogP contribution is 2.32. The van der Waals surface area contributed by atoms with Crippen molar-refractivity contribution in [1.82, 2.24) is 10.2 Å². The molecule has 1 N–H and O–H groups in total. The first kappa shape index (κ1) is 21.5. The van der Waals surface area contributed by atoms with E-state index >= 15 is 0 Å². The number of nitrogens with one attached hydrogen (secondary N) is 1. The Morgan fingerprint density at radius 3 is 2.19 bits per heavy atom. The van der Waals surface area contributed by atoms with Gasteiger partial charge in [0.1, 0.15) is 29.4 Å². The summed E-state index contributed by atoms with van der Waals surface area (Å²) in [7, 11) is 1.62. The molecule has 166 valence electrons. The Hall–Kier alpha value is -3.74. The van der Waals surface area contributed by atoms with E-state index in [9.17, 15) is 9.59 Å². The summed E-state index contributed by atoms with van der Waals surface area (Å²) in [5.41, 5.74) is -0.409. The van der Waals surface area contributed by atoms with Crippen molar-refractivity contribution in [3.63, 3.8) is 0 Å². The summed E-state index contributed by atoms with van der Waals surface area (Å²) in [6.07, 6.45) is 0. The molecule has 1 heterocycles. The molecule has 1 aliphatic heterocycles. The molecule has 0 radical (unpaired) electrons. The third-order valence-corrected chi connectivity index (χ3v) is 5.62. The van der Waals surface area contributed by atoms with Crippen LogP contribution < -0.4 is 19.5 Å². The second-order valence-corrected chi connectivity index (χ2v) is 7.69. The van der Waals surface area contributed by atoms with Gasteiger partial charge >= 0.3 is 6.03 Å². The Labute approximate surface area is 186 Å². The lowest BCUT2D eigenvalue weighted by Gasteiger charge is -2.23. The van der Waals surface area contributed by atoms with Gasteiger partial charge in [-0.2, -0.15) is 0 Å². The Morgan fingerprint density at radius 1 is 0.875 bits per heavy atom. The van der Waals surface area contributed by atoms with E-state index in [1.807, 2.05) is 55.5 Å². The number of benzene rings is 3. The van der Waals surface area contributed by atoms with Crippen molar-refractivity contribution in [2.24, 2.45) is 0 Å². The third kappa shape index (κ3) is 4.06. The maximum Gasteiger partial charge on any atom is 0.325 e. The Kier molecular flexibility index (Phi) is 5.90. The van der Waals surface area contributed by atoms with Crippen LogP contribution in [0.25, 0.3) is 10.8 Å². The molecule has 7 nitrogen and oxygen atoms in total. The van der Waals surface area contributed by atoms with Gasteiger partial charge in [0, 0.05) is 0 Å².